The highest BCUT2D eigenvalue weighted by Gasteiger charge is 2.44. The summed E-state index contributed by atoms with van der Waals surface area (Å²) in [5.74, 6) is -0.0610. The van der Waals surface area contributed by atoms with Crippen LogP contribution in [0.25, 0.3) is 0 Å². The predicted molar refractivity (Wildman–Crippen MR) is 79.9 cm³/mol. The standard InChI is InChI=1S/C17H19NO4/c1-21-16(19)9-13-7-15-8-14(13)10-18(15)17(20)22-11-12-5-3-2-4-6-12/h2-6,9,14-15H,7-8,10-11H2,1H3. The van der Waals surface area contributed by atoms with E-state index in [-0.39, 0.29) is 24.0 Å². The Morgan fingerprint density at radius 2 is 2.09 bits per heavy atom. The molecule has 1 heterocycles. The van der Waals surface area contributed by atoms with Gasteiger partial charge in [0, 0.05) is 24.6 Å². The minimum absolute atomic E-state index is 0.143. The third-order valence-corrected chi connectivity index (χ3v) is 4.35. The normalized spacial score (nSPS) is 24.6. The summed E-state index contributed by atoms with van der Waals surface area (Å²) in [6.45, 7) is 0.916. The van der Waals surface area contributed by atoms with Crippen molar-refractivity contribution in [3.63, 3.8) is 0 Å². The highest BCUT2D eigenvalue weighted by atomic mass is 16.6. The van der Waals surface area contributed by atoms with Crippen molar-refractivity contribution in [1.82, 2.24) is 4.90 Å². The van der Waals surface area contributed by atoms with Gasteiger partial charge >= 0.3 is 12.1 Å². The van der Waals surface area contributed by atoms with Crippen molar-refractivity contribution in [2.24, 2.45) is 5.92 Å². The van der Waals surface area contributed by atoms with Gasteiger partial charge in [0.1, 0.15) is 6.61 Å². The van der Waals surface area contributed by atoms with E-state index >= 15 is 0 Å². The van der Waals surface area contributed by atoms with E-state index in [0.29, 0.717) is 13.2 Å². The Balaban J connectivity index is 1.55. The van der Waals surface area contributed by atoms with Gasteiger partial charge < -0.3 is 14.4 Å². The number of hydrogen-bond donors (Lipinski definition) is 0. The first-order chi connectivity index (χ1) is 10.7. The molecule has 5 nitrogen and oxygen atoms in total. The molecule has 1 saturated carbocycles. The summed E-state index contributed by atoms with van der Waals surface area (Å²) in [6, 6.07) is 9.78. The molecular formula is C17H19NO4. The van der Waals surface area contributed by atoms with Gasteiger partial charge in [0.05, 0.1) is 7.11 Å². The fourth-order valence-electron chi connectivity index (χ4n) is 3.23. The summed E-state index contributed by atoms with van der Waals surface area (Å²) in [5.41, 5.74) is 2.07. The van der Waals surface area contributed by atoms with Crippen LogP contribution < -0.4 is 0 Å². The van der Waals surface area contributed by atoms with E-state index < -0.39 is 0 Å². The molecular weight excluding hydrogens is 282 g/mol. The predicted octanol–water partition coefficient (Wildman–Crippen LogP) is 2.52. The van der Waals surface area contributed by atoms with E-state index in [1.807, 2.05) is 30.3 Å². The average Bonchev–Trinajstić information content (AvgIpc) is 3.13. The van der Waals surface area contributed by atoms with E-state index in [4.69, 9.17) is 4.74 Å². The van der Waals surface area contributed by atoms with Crippen molar-refractivity contribution in [3.8, 4) is 0 Å². The van der Waals surface area contributed by atoms with E-state index in [1.165, 1.54) is 7.11 Å². The number of piperidine rings is 1. The van der Waals surface area contributed by atoms with Gasteiger partial charge in [-0.25, -0.2) is 9.59 Å². The van der Waals surface area contributed by atoms with Gasteiger partial charge in [0.15, 0.2) is 0 Å². The van der Waals surface area contributed by atoms with Crippen LogP contribution in [0.15, 0.2) is 42.0 Å². The molecule has 0 aromatic heterocycles. The Morgan fingerprint density at radius 1 is 1.32 bits per heavy atom. The lowest BCUT2D eigenvalue weighted by molar-refractivity contribution is -0.134. The number of carbonyl (C=O) groups excluding carboxylic acids is 2. The minimum atomic E-state index is -0.319. The maximum Gasteiger partial charge on any atom is 0.410 e. The summed E-state index contributed by atoms with van der Waals surface area (Å²) in [4.78, 5) is 25.3. The lowest BCUT2D eigenvalue weighted by atomic mass is 10.0. The second kappa shape index (κ2) is 6.22. The molecule has 1 aliphatic heterocycles. The number of carbonyl (C=O) groups is 2. The van der Waals surface area contributed by atoms with Crippen molar-refractivity contribution >= 4 is 12.1 Å². The fraction of sp³-hybridized carbons (Fsp3) is 0.412. The Kier molecular flexibility index (Phi) is 4.13. The molecule has 5 heteroatoms. The van der Waals surface area contributed by atoms with E-state index in [9.17, 15) is 9.59 Å². The summed E-state index contributed by atoms with van der Waals surface area (Å²) < 4.78 is 10.0. The molecule has 1 aromatic carbocycles. The van der Waals surface area contributed by atoms with Crippen LogP contribution in [-0.4, -0.2) is 36.7 Å². The molecule has 0 N–H and O–H groups in total. The lowest BCUT2D eigenvalue weighted by Gasteiger charge is -2.27. The van der Waals surface area contributed by atoms with Crippen LogP contribution in [0, 0.1) is 5.92 Å². The maximum atomic E-state index is 12.2. The summed E-state index contributed by atoms with van der Waals surface area (Å²) in [5, 5.41) is 0. The molecule has 2 unspecified atom stereocenters. The summed E-state index contributed by atoms with van der Waals surface area (Å²) in [6.07, 6.45) is 2.94. The quantitative estimate of drug-likeness (QED) is 0.636. The van der Waals surface area contributed by atoms with Gasteiger partial charge in [0.25, 0.3) is 0 Å². The van der Waals surface area contributed by atoms with Crippen LogP contribution in [-0.2, 0) is 20.9 Å². The fourth-order valence-corrected chi connectivity index (χ4v) is 3.23. The Morgan fingerprint density at radius 3 is 2.73 bits per heavy atom. The molecule has 0 radical (unpaired) electrons. The van der Waals surface area contributed by atoms with Crippen molar-refractivity contribution < 1.29 is 19.1 Å². The van der Waals surface area contributed by atoms with E-state index in [2.05, 4.69) is 4.74 Å². The maximum absolute atomic E-state index is 12.2. The number of rotatable bonds is 3. The van der Waals surface area contributed by atoms with Gasteiger partial charge in [-0.05, 0) is 18.4 Å². The van der Waals surface area contributed by atoms with E-state index in [0.717, 1.165) is 24.0 Å². The first-order valence-corrected chi connectivity index (χ1v) is 7.43. The van der Waals surface area contributed by atoms with Gasteiger partial charge in [-0.1, -0.05) is 35.9 Å². The molecule has 0 spiro atoms. The number of likely N-dealkylation sites (tertiary alicyclic amines) is 1. The van der Waals surface area contributed by atoms with Crippen molar-refractivity contribution in [1.29, 1.82) is 0 Å². The molecule has 2 aliphatic rings. The molecule has 1 aromatic rings. The number of nitrogens with zero attached hydrogens (tertiary/aromatic N) is 1. The molecule has 1 aliphatic carbocycles. The summed E-state index contributed by atoms with van der Waals surface area (Å²) in [7, 11) is 1.37. The van der Waals surface area contributed by atoms with Crippen LogP contribution in [0.5, 0.6) is 0 Å². The van der Waals surface area contributed by atoms with Gasteiger partial charge in [0.2, 0.25) is 0 Å². The Labute approximate surface area is 129 Å². The van der Waals surface area contributed by atoms with Crippen molar-refractivity contribution in [3.05, 3.63) is 47.5 Å². The van der Waals surface area contributed by atoms with Gasteiger partial charge in [-0.3, -0.25) is 0 Å². The van der Waals surface area contributed by atoms with Gasteiger partial charge in [-0.2, -0.15) is 0 Å². The number of esters is 1. The second-order valence-corrected chi connectivity index (χ2v) is 5.73. The van der Waals surface area contributed by atoms with Crippen molar-refractivity contribution in [2.75, 3.05) is 13.7 Å². The number of benzene rings is 1. The molecule has 2 fully saturated rings. The SMILES string of the molecule is COC(=O)C=C1CC2CC1CN2C(=O)OCc1ccccc1. The Bertz CT molecular complexity index is 596. The van der Waals surface area contributed by atoms with Crippen LogP contribution in [0.2, 0.25) is 0 Å². The van der Waals surface area contributed by atoms with Crippen LogP contribution in [0.3, 0.4) is 0 Å². The topological polar surface area (TPSA) is 55.8 Å². The molecule has 22 heavy (non-hydrogen) atoms. The number of ether oxygens (including phenoxy) is 2. The van der Waals surface area contributed by atoms with Crippen LogP contribution >= 0.6 is 0 Å². The van der Waals surface area contributed by atoms with Gasteiger partial charge in [-0.15, -0.1) is 0 Å². The molecule has 2 bridgehead atoms. The molecule has 1 amide bonds. The average molecular weight is 301 g/mol. The molecule has 116 valence electrons. The zero-order valence-electron chi connectivity index (χ0n) is 12.5. The minimum Gasteiger partial charge on any atom is -0.466 e. The smallest absolute Gasteiger partial charge is 0.410 e. The number of fused-ring (bicyclic) bond motifs is 2. The zero-order valence-corrected chi connectivity index (χ0v) is 12.5. The largest absolute Gasteiger partial charge is 0.466 e. The molecule has 2 atom stereocenters. The van der Waals surface area contributed by atoms with Crippen molar-refractivity contribution in [2.45, 2.75) is 25.5 Å². The van der Waals surface area contributed by atoms with Crippen LogP contribution in [0.1, 0.15) is 18.4 Å². The second-order valence-electron chi connectivity index (χ2n) is 5.73. The Hall–Kier alpha value is -2.30. The monoisotopic (exact) mass is 301 g/mol. The first-order valence-electron chi connectivity index (χ1n) is 7.43. The van der Waals surface area contributed by atoms with E-state index in [1.54, 1.807) is 11.0 Å². The molecule has 1 saturated heterocycles. The number of hydrogen-bond acceptors (Lipinski definition) is 4. The lowest BCUT2D eigenvalue weighted by Crippen LogP contribution is -2.38. The third-order valence-electron chi connectivity index (χ3n) is 4.35. The molecule has 3 rings (SSSR count). The van der Waals surface area contributed by atoms with Crippen LogP contribution in [0.4, 0.5) is 4.79 Å². The number of amides is 1. The highest BCUT2D eigenvalue weighted by molar-refractivity contribution is 5.83. The number of methoxy groups -OCH3 is 1. The first kappa shape index (κ1) is 14.6. The zero-order chi connectivity index (χ0) is 15.5. The highest BCUT2D eigenvalue weighted by Crippen LogP contribution is 2.41. The summed E-state index contributed by atoms with van der Waals surface area (Å²) >= 11 is 0. The third kappa shape index (κ3) is 2.98.